The maximum absolute atomic E-state index is 5.57. The van der Waals surface area contributed by atoms with Gasteiger partial charge in [0.15, 0.2) is 0 Å². The van der Waals surface area contributed by atoms with Gasteiger partial charge in [0, 0.05) is 11.8 Å². The van der Waals surface area contributed by atoms with Crippen molar-refractivity contribution in [1.82, 2.24) is 4.98 Å². The van der Waals surface area contributed by atoms with Gasteiger partial charge in [-0.2, -0.15) is 0 Å². The Morgan fingerprint density at radius 3 is 2.69 bits per heavy atom. The first kappa shape index (κ1) is 10.7. The van der Waals surface area contributed by atoms with Gasteiger partial charge < -0.3 is 5.73 Å². The zero-order valence-electron chi connectivity index (χ0n) is 9.48. The molecule has 0 bridgehead atoms. The van der Waals surface area contributed by atoms with Gasteiger partial charge in [0.2, 0.25) is 0 Å². The van der Waals surface area contributed by atoms with E-state index in [1.165, 1.54) is 17.5 Å². The highest BCUT2D eigenvalue weighted by atomic mass is 14.8. The van der Waals surface area contributed by atoms with Gasteiger partial charge in [-0.15, -0.1) is 0 Å². The molecule has 0 saturated carbocycles. The maximum Gasteiger partial charge on any atom is 0.123 e. The van der Waals surface area contributed by atoms with E-state index in [0.29, 0.717) is 5.82 Å². The highest BCUT2D eigenvalue weighted by Gasteiger charge is 1.99. The van der Waals surface area contributed by atoms with Crippen LogP contribution >= 0.6 is 0 Å². The first-order valence-electron chi connectivity index (χ1n) is 5.60. The number of aromatic nitrogens is 1. The van der Waals surface area contributed by atoms with E-state index in [0.717, 1.165) is 12.0 Å². The fourth-order valence-corrected chi connectivity index (χ4v) is 1.77. The van der Waals surface area contributed by atoms with Crippen molar-refractivity contribution in [3.8, 4) is 11.1 Å². The first-order valence-corrected chi connectivity index (χ1v) is 5.60. The van der Waals surface area contributed by atoms with Crippen molar-refractivity contribution in [2.75, 3.05) is 5.73 Å². The molecule has 0 fully saturated rings. The van der Waals surface area contributed by atoms with Crippen molar-refractivity contribution < 1.29 is 0 Å². The molecule has 0 atom stereocenters. The number of pyridine rings is 1. The Morgan fingerprint density at radius 1 is 1.12 bits per heavy atom. The highest BCUT2D eigenvalue weighted by molar-refractivity contribution is 5.64. The second-order valence-corrected chi connectivity index (χ2v) is 3.92. The number of hydrogen-bond acceptors (Lipinski definition) is 2. The van der Waals surface area contributed by atoms with Gasteiger partial charge >= 0.3 is 0 Å². The monoisotopic (exact) mass is 212 g/mol. The summed E-state index contributed by atoms with van der Waals surface area (Å²) < 4.78 is 0. The van der Waals surface area contributed by atoms with Crippen LogP contribution in [0.25, 0.3) is 11.1 Å². The first-order chi connectivity index (χ1) is 7.79. The number of benzene rings is 1. The predicted octanol–water partition coefficient (Wildman–Crippen LogP) is 3.28. The molecule has 0 spiro atoms. The van der Waals surface area contributed by atoms with Gasteiger partial charge in [-0.25, -0.2) is 4.98 Å². The lowest BCUT2D eigenvalue weighted by Crippen LogP contribution is -1.89. The van der Waals surface area contributed by atoms with Crippen molar-refractivity contribution in [2.45, 2.75) is 19.8 Å². The summed E-state index contributed by atoms with van der Waals surface area (Å²) in [5, 5.41) is 0. The number of rotatable bonds is 3. The molecule has 0 aliphatic carbocycles. The normalized spacial score (nSPS) is 10.3. The Hall–Kier alpha value is -1.83. The lowest BCUT2D eigenvalue weighted by Gasteiger charge is -2.04. The molecule has 1 aromatic carbocycles. The van der Waals surface area contributed by atoms with Crippen molar-refractivity contribution >= 4 is 5.82 Å². The predicted molar refractivity (Wildman–Crippen MR) is 68.1 cm³/mol. The smallest absolute Gasteiger partial charge is 0.123 e. The minimum absolute atomic E-state index is 0.563. The van der Waals surface area contributed by atoms with Crippen LogP contribution in [0.15, 0.2) is 42.6 Å². The van der Waals surface area contributed by atoms with Crippen LogP contribution in [0.5, 0.6) is 0 Å². The molecule has 0 unspecified atom stereocenters. The molecule has 2 N–H and O–H groups in total. The molecular formula is C14H16N2. The molecule has 2 rings (SSSR count). The number of aryl methyl sites for hydroxylation is 1. The molecule has 2 aromatic rings. The van der Waals surface area contributed by atoms with Crippen LogP contribution in [0, 0.1) is 0 Å². The lowest BCUT2D eigenvalue weighted by atomic mass is 10.0. The lowest BCUT2D eigenvalue weighted by molar-refractivity contribution is 0.922. The van der Waals surface area contributed by atoms with Gasteiger partial charge in [0.25, 0.3) is 0 Å². The van der Waals surface area contributed by atoms with E-state index in [1.807, 2.05) is 18.3 Å². The van der Waals surface area contributed by atoms with Gasteiger partial charge in [0.05, 0.1) is 0 Å². The van der Waals surface area contributed by atoms with Crippen LogP contribution in [0.1, 0.15) is 18.9 Å². The fourth-order valence-electron chi connectivity index (χ4n) is 1.77. The summed E-state index contributed by atoms with van der Waals surface area (Å²) in [4.78, 5) is 4.11. The molecule has 0 aliphatic rings. The van der Waals surface area contributed by atoms with Crippen molar-refractivity contribution in [2.24, 2.45) is 0 Å². The zero-order chi connectivity index (χ0) is 11.4. The number of nitrogens with two attached hydrogens (primary N) is 1. The van der Waals surface area contributed by atoms with Gasteiger partial charge in [-0.3, -0.25) is 0 Å². The third-order valence-corrected chi connectivity index (χ3v) is 2.59. The number of nitrogens with zero attached hydrogens (tertiary/aromatic N) is 1. The van der Waals surface area contributed by atoms with Crippen LogP contribution in [-0.4, -0.2) is 4.98 Å². The zero-order valence-corrected chi connectivity index (χ0v) is 9.48. The van der Waals surface area contributed by atoms with Gasteiger partial charge in [0.1, 0.15) is 5.82 Å². The summed E-state index contributed by atoms with van der Waals surface area (Å²) in [7, 11) is 0. The van der Waals surface area contributed by atoms with Crippen LogP contribution in [0.2, 0.25) is 0 Å². The SMILES string of the molecule is CCCc1cccc(-c2ccc(N)nc2)c1. The molecule has 0 aliphatic heterocycles. The summed E-state index contributed by atoms with van der Waals surface area (Å²) in [5.41, 5.74) is 9.27. The van der Waals surface area contributed by atoms with Crippen LogP contribution in [-0.2, 0) is 6.42 Å². The number of hydrogen-bond donors (Lipinski definition) is 1. The van der Waals surface area contributed by atoms with Gasteiger partial charge in [-0.1, -0.05) is 37.6 Å². The van der Waals surface area contributed by atoms with E-state index in [9.17, 15) is 0 Å². The molecular weight excluding hydrogens is 196 g/mol. The number of anilines is 1. The van der Waals surface area contributed by atoms with E-state index in [1.54, 1.807) is 0 Å². The Labute approximate surface area is 96.1 Å². The molecule has 0 amide bonds. The standard InChI is InChI=1S/C14H16N2/c1-2-4-11-5-3-6-12(9-11)13-7-8-14(15)16-10-13/h3,5-10H,2,4H2,1H3,(H2,15,16). The molecule has 2 nitrogen and oxygen atoms in total. The van der Waals surface area contributed by atoms with Crippen LogP contribution < -0.4 is 5.73 Å². The Balaban J connectivity index is 2.32. The topological polar surface area (TPSA) is 38.9 Å². The summed E-state index contributed by atoms with van der Waals surface area (Å²) >= 11 is 0. The Morgan fingerprint density at radius 2 is 2.00 bits per heavy atom. The van der Waals surface area contributed by atoms with Gasteiger partial charge in [-0.05, 0) is 29.7 Å². The van der Waals surface area contributed by atoms with E-state index in [2.05, 4.69) is 36.2 Å². The average Bonchev–Trinajstić information content (AvgIpc) is 2.31. The minimum Gasteiger partial charge on any atom is -0.384 e. The molecule has 2 heteroatoms. The van der Waals surface area contributed by atoms with E-state index >= 15 is 0 Å². The largest absolute Gasteiger partial charge is 0.384 e. The van der Waals surface area contributed by atoms with E-state index in [4.69, 9.17) is 5.73 Å². The average molecular weight is 212 g/mol. The third kappa shape index (κ3) is 2.40. The highest BCUT2D eigenvalue weighted by Crippen LogP contribution is 2.20. The fraction of sp³-hybridized carbons (Fsp3) is 0.214. The summed E-state index contributed by atoms with van der Waals surface area (Å²) in [6.07, 6.45) is 4.11. The van der Waals surface area contributed by atoms with Crippen molar-refractivity contribution in [3.05, 3.63) is 48.2 Å². The van der Waals surface area contributed by atoms with Crippen LogP contribution in [0.3, 0.4) is 0 Å². The maximum atomic E-state index is 5.57. The third-order valence-electron chi connectivity index (χ3n) is 2.59. The second kappa shape index (κ2) is 4.79. The molecule has 82 valence electrons. The minimum atomic E-state index is 0.563. The molecule has 16 heavy (non-hydrogen) atoms. The second-order valence-electron chi connectivity index (χ2n) is 3.92. The summed E-state index contributed by atoms with van der Waals surface area (Å²) in [5.74, 6) is 0.563. The Bertz CT molecular complexity index is 460. The quantitative estimate of drug-likeness (QED) is 0.848. The molecule has 0 saturated heterocycles. The summed E-state index contributed by atoms with van der Waals surface area (Å²) in [6.45, 7) is 2.19. The van der Waals surface area contributed by atoms with Crippen molar-refractivity contribution in [3.63, 3.8) is 0 Å². The Kier molecular flexibility index (Phi) is 3.20. The molecule has 1 aromatic heterocycles. The van der Waals surface area contributed by atoms with E-state index in [-0.39, 0.29) is 0 Å². The van der Waals surface area contributed by atoms with Crippen molar-refractivity contribution in [1.29, 1.82) is 0 Å². The summed E-state index contributed by atoms with van der Waals surface area (Å²) in [6, 6.07) is 12.4. The van der Waals surface area contributed by atoms with Crippen LogP contribution in [0.4, 0.5) is 5.82 Å². The van der Waals surface area contributed by atoms with E-state index < -0.39 is 0 Å². The molecule has 0 radical (unpaired) electrons. The number of nitrogen functional groups attached to an aromatic ring is 1. The molecule has 1 heterocycles.